The summed E-state index contributed by atoms with van der Waals surface area (Å²) in [5, 5.41) is 12.1. The van der Waals surface area contributed by atoms with Gasteiger partial charge in [-0.05, 0) is 29.7 Å². The van der Waals surface area contributed by atoms with E-state index in [0.29, 0.717) is 6.54 Å². The number of carbonyl (C=O) groups is 1. The van der Waals surface area contributed by atoms with E-state index < -0.39 is 12.1 Å². The van der Waals surface area contributed by atoms with Gasteiger partial charge in [0.2, 0.25) is 0 Å². The number of carbonyl (C=O) groups excluding carboxylic acids is 1. The fraction of sp³-hybridized carbons (Fsp3) is 0.227. The smallest absolute Gasteiger partial charge is 0.392 e. The monoisotopic (exact) mass is 402 g/mol. The van der Waals surface area contributed by atoms with Crippen LogP contribution in [0.2, 0.25) is 0 Å². The van der Waals surface area contributed by atoms with Crippen LogP contribution in [0.5, 0.6) is 0 Å². The molecule has 2 aromatic carbocycles. The standard InChI is InChI=1S/C22H21F3N2O2/c23-22(24,25)21(29)26-13-12-18-17-9-4-5-10-19(17)27(20(18)11-6-14-28)15-16-7-2-1-3-8-16/h1-11,28H,12-15H2,(H,26,29)/b11-6+. The number of aromatic nitrogens is 1. The van der Waals surface area contributed by atoms with Crippen LogP contribution in [-0.2, 0) is 17.8 Å². The summed E-state index contributed by atoms with van der Waals surface area (Å²) in [5.74, 6) is -1.95. The van der Waals surface area contributed by atoms with Crippen LogP contribution in [0.15, 0.2) is 60.7 Å². The molecule has 0 aliphatic heterocycles. The summed E-state index contributed by atoms with van der Waals surface area (Å²) in [6.45, 7) is 0.274. The Balaban J connectivity index is 1.99. The number of nitrogens with zero attached hydrogens (tertiary/aromatic N) is 1. The fourth-order valence-electron chi connectivity index (χ4n) is 3.35. The van der Waals surface area contributed by atoms with Gasteiger partial charge in [0, 0.05) is 29.7 Å². The number of para-hydroxylation sites is 1. The number of benzene rings is 2. The van der Waals surface area contributed by atoms with Crippen LogP contribution in [0, 0.1) is 0 Å². The average Bonchev–Trinajstić information content (AvgIpc) is 2.99. The SMILES string of the molecule is O=C(NCCc1c(/C=C/CO)n(Cc2ccccc2)c2ccccc12)C(F)(F)F. The summed E-state index contributed by atoms with van der Waals surface area (Å²) in [7, 11) is 0. The Labute approximate surface area is 166 Å². The first kappa shape index (κ1) is 20.7. The van der Waals surface area contributed by atoms with Gasteiger partial charge in [0.25, 0.3) is 0 Å². The van der Waals surface area contributed by atoms with Gasteiger partial charge in [-0.1, -0.05) is 54.6 Å². The first-order valence-electron chi connectivity index (χ1n) is 9.18. The Kier molecular flexibility index (Phi) is 6.39. The minimum Gasteiger partial charge on any atom is -0.392 e. The van der Waals surface area contributed by atoms with Crippen molar-refractivity contribution in [3.8, 4) is 0 Å². The van der Waals surface area contributed by atoms with Gasteiger partial charge in [0.1, 0.15) is 0 Å². The molecule has 0 aliphatic carbocycles. The van der Waals surface area contributed by atoms with E-state index >= 15 is 0 Å². The first-order valence-corrected chi connectivity index (χ1v) is 9.18. The molecule has 2 N–H and O–H groups in total. The lowest BCUT2D eigenvalue weighted by molar-refractivity contribution is -0.173. The molecule has 0 aliphatic rings. The van der Waals surface area contributed by atoms with Gasteiger partial charge in [-0.15, -0.1) is 0 Å². The summed E-state index contributed by atoms with van der Waals surface area (Å²) in [6.07, 6.45) is -1.31. The summed E-state index contributed by atoms with van der Waals surface area (Å²) >= 11 is 0. The minimum absolute atomic E-state index is 0.141. The maximum absolute atomic E-state index is 12.5. The van der Waals surface area contributed by atoms with Gasteiger partial charge >= 0.3 is 12.1 Å². The normalized spacial score (nSPS) is 12.0. The highest BCUT2D eigenvalue weighted by atomic mass is 19.4. The topological polar surface area (TPSA) is 54.3 Å². The van der Waals surface area contributed by atoms with Gasteiger partial charge < -0.3 is 15.0 Å². The van der Waals surface area contributed by atoms with E-state index in [1.807, 2.05) is 59.9 Å². The number of alkyl halides is 3. The predicted molar refractivity (Wildman–Crippen MR) is 106 cm³/mol. The van der Waals surface area contributed by atoms with E-state index in [9.17, 15) is 23.1 Å². The average molecular weight is 402 g/mol. The molecule has 0 unspecified atom stereocenters. The van der Waals surface area contributed by atoms with E-state index in [2.05, 4.69) is 4.57 Å². The third-order valence-corrected chi connectivity index (χ3v) is 4.60. The van der Waals surface area contributed by atoms with Crippen molar-refractivity contribution >= 4 is 22.9 Å². The molecule has 0 fully saturated rings. The van der Waals surface area contributed by atoms with Crippen molar-refractivity contribution in [1.29, 1.82) is 0 Å². The molecular weight excluding hydrogens is 381 g/mol. The molecule has 0 saturated heterocycles. The molecule has 1 aromatic heterocycles. The lowest BCUT2D eigenvalue weighted by Crippen LogP contribution is -2.37. The largest absolute Gasteiger partial charge is 0.471 e. The second-order valence-corrected chi connectivity index (χ2v) is 6.54. The molecule has 152 valence electrons. The molecule has 1 amide bonds. The maximum Gasteiger partial charge on any atom is 0.471 e. The van der Waals surface area contributed by atoms with Crippen molar-refractivity contribution < 1.29 is 23.1 Å². The van der Waals surface area contributed by atoms with Gasteiger partial charge in [-0.25, -0.2) is 0 Å². The highest BCUT2D eigenvalue weighted by Crippen LogP contribution is 2.29. The van der Waals surface area contributed by atoms with Crippen molar-refractivity contribution in [3.05, 3.63) is 77.5 Å². The van der Waals surface area contributed by atoms with Gasteiger partial charge in [0.05, 0.1) is 6.61 Å². The van der Waals surface area contributed by atoms with Gasteiger partial charge in [0.15, 0.2) is 0 Å². The Morgan fingerprint density at radius 1 is 1.07 bits per heavy atom. The maximum atomic E-state index is 12.5. The number of rotatable bonds is 7. The molecule has 0 bridgehead atoms. The number of fused-ring (bicyclic) bond motifs is 1. The summed E-state index contributed by atoms with van der Waals surface area (Å²) in [6, 6.07) is 17.4. The molecule has 0 radical (unpaired) electrons. The minimum atomic E-state index is -4.90. The molecule has 0 atom stereocenters. The predicted octanol–water partition coefficient (Wildman–Crippen LogP) is 3.92. The molecule has 29 heavy (non-hydrogen) atoms. The quantitative estimate of drug-likeness (QED) is 0.630. The number of aliphatic hydroxyl groups excluding tert-OH is 1. The molecule has 7 heteroatoms. The molecular formula is C22H21F3N2O2. The number of amides is 1. The Morgan fingerprint density at radius 3 is 2.45 bits per heavy atom. The van der Waals surface area contributed by atoms with Crippen molar-refractivity contribution in [2.45, 2.75) is 19.1 Å². The lowest BCUT2D eigenvalue weighted by Gasteiger charge is -2.11. The molecule has 0 spiro atoms. The van der Waals surface area contributed by atoms with Crippen LogP contribution >= 0.6 is 0 Å². The fourth-order valence-corrected chi connectivity index (χ4v) is 3.35. The van der Waals surface area contributed by atoms with E-state index in [0.717, 1.165) is 27.7 Å². The number of hydrogen-bond acceptors (Lipinski definition) is 2. The highest BCUT2D eigenvalue weighted by Gasteiger charge is 2.38. The van der Waals surface area contributed by atoms with Crippen molar-refractivity contribution in [2.75, 3.05) is 13.2 Å². The van der Waals surface area contributed by atoms with Crippen LogP contribution in [0.1, 0.15) is 16.8 Å². The van der Waals surface area contributed by atoms with Crippen LogP contribution in [0.25, 0.3) is 17.0 Å². The second-order valence-electron chi connectivity index (χ2n) is 6.54. The zero-order valence-electron chi connectivity index (χ0n) is 15.6. The van der Waals surface area contributed by atoms with Crippen molar-refractivity contribution in [2.24, 2.45) is 0 Å². The van der Waals surface area contributed by atoms with E-state index in [4.69, 9.17) is 0 Å². The molecule has 4 nitrogen and oxygen atoms in total. The van der Waals surface area contributed by atoms with Crippen LogP contribution in [0.4, 0.5) is 13.2 Å². The van der Waals surface area contributed by atoms with Crippen LogP contribution in [-0.4, -0.2) is 34.9 Å². The molecule has 3 aromatic rings. The molecule has 3 rings (SSSR count). The first-order chi connectivity index (χ1) is 13.9. The number of halogens is 3. The summed E-state index contributed by atoms with van der Waals surface area (Å²) in [5.41, 5.74) is 3.63. The van der Waals surface area contributed by atoms with E-state index in [1.54, 1.807) is 12.2 Å². The van der Waals surface area contributed by atoms with Crippen LogP contribution < -0.4 is 5.32 Å². The van der Waals surface area contributed by atoms with Crippen LogP contribution in [0.3, 0.4) is 0 Å². The zero-order chi connectivity index (χ0) is 20.9. The second kappa shape index (κ2) is 8.96. The Morgan fingerprint density at radius 2 is 1.76 bits per heavy atom. The molecule has 0 saturated carbocycles. The van der Waals surface area contributed by atoms with E-state index in [-0.39, 0.29) is 19.6 Å². The highest BCUT2D eigenvalue weighted by molar-refractivity contribution is 5.88. The Hall–Kier alpha value is -3.06. The van der Waals surface area contributed by atoms with E-state index in [1.165, 1.54) is 0 Å². The zero-order valence-corrected chi connectivity index (χ0v) is 15.6. The third kappa shape index (κ3) is 4.86. The van der Waals surface area contributed by atoms with Gasteiger partial charge in [-0.2, -0.15) is 13.2 Å². The van der Waals surface area contributed by atoms with Crippen molar-refractivity contribution in [1.82, 2.24) is 9.88 Å². The van der Waals surface area contributed by atoms with Gasteiger partial charge in [-0.3, -0.25) is 4.79 Å². The lowest BCUT2D eigenvalue weighted by atomic mass is 10.1. The Bertz CT molecular complexity index is 1010. The number of nitrogens with one attached hydrogen (secondary N) is 1. The van der Waals surface area contributed by atoms with Crippen molar-refractivity contribution in [3.63, 3.8) is 0 Å². The third-order valence-electron chi connectivity index (χ3n) is 4.60. The summed E-state index contributed by atoms with van der Waals surface area (Å²) < 4.78 is 39.5. The number of aliphatic hydroxyl groups is 1. The molecule has 1 heterocycles. The summed E-state index contributed by atoms with van der Waals surface area (Å²) in [4.78, 5) is 11.1. The number of hydrogen-bond donors (Lipinski definition) is 2.